The Bertz CT molecular complexity index is 448. The lowest BCUT2D eigenvalue weighted by atomic mass is 10.1. The molecule has 0 saturated carbocycles. The van der Waals surface area contributed by atoms with Crippen molar-refractivity contribution < 1.29 is 32.5 Å². The van der Waals surface area contributed by atoms with E-state index in [1.165, 1.54) is 0 Å². The number of hydrogen-bond donors (Lipinski definition) is 1. The van der Waals surface area contributed by atoms with Gasteiger partial charge in [-0.2, -0.15) is 13.2 Å². The lowest BCUT2D eigenvalue weighted by Crippen LogP contribution is -2.18. The largest absolute Gasteiger partial charge is 0.493 e. The Balaban J connectivity index is 1.68. The van der Waals surface area contributed by atoms with Crippen LogP contribution in [0.5, 0.6) is 11.5 Å². The molecule has 7 heteroatoms. The molecule has 0 spiro atoms. The molecule has 1 aromatic rings. The number of aliphatic hydroxyl groups excluding tert-OH is 1. The third kappa shape index (κ3) is 4.28. The third-order valence-electron chi connectivity index (χ3n) is 2.71. The molecule has 0 aliphatic carbocycles. The highest BCUT2D eigenvalue weighted by Crippen LogP contribution is 2.35. The predicted molar refractivity (Wildman–Crippen MR) is 63.9 cm³/mol. The molecule has 1 aliphatic heterocycles. The Kier molecular flexibility index (Phi) is 4.72. The van der Waals surface area contributed by atoms with Gasteiger partial charge in [-0.3, -0.25) is 0 Å². The van der Waals surface area contributed by atoms with Crippen LogP contribution in [0.25, 0.3) is 0 Å². The van der Waals surface area contributed by atoms with E-state index < -0.39 is 18.9 Å². The summed E-state index contributed by atoms with van der Waals surface area (Å²) >= 11 is 0. The molecule has 1 aromatic carbocycles. The van der Waals surface area contributed by atoms with Crippen LogP contribution in [-0.4, -0.2) is 37.7 Å². The maximum Gasteiger partial charge on any atom is 0.411 e. The van der Waals surface area contributed by atoms with Gasteiger partial charge in [0.05, 0.1) is 13.2 Å². The number of rotatable bonds is 6. The summed E-state index contributed by atoms with van der Waals surface area (Å²) < 4.78 is 50.5. The minimum Gasteiger partial charge on any atom is -0.493 e. The minimum atomic E-state index is -4.29. The van der Waals surface area contributed by atoms with Crippen molar-refractivity contribution in [3.05, 3.63) is 23.8 Å². The van der Waals surface area contributed by atoms with E-state index in [2.05, 4.69) is 4.74 Å². The van der Waals surface area contributed by atoms with Crippen molar-refractivity contribution in [2.45, 2.75) is 18.7 Å². The molecule has 1 aliphatic rings. The van der Waals surface area contributed by atoms with E-state index in [4.69, 9.17) is 9.47 Å². The van der Waals surface area contributed by atoms with Gasteiger partial charge >= 0.3 is 6.18 Å². The fourth-order valence-electron chi connectivity index (χ4n) is 1.80. The van der Waals surface area contributed by atoms with Crippen LogP contribution in [0.4, 0.5) is 13.2 Å². The first-order valence-corrected chi connectivity index (χ1v) is 6.18. The molecule has 112 valence electrons. The van der Waals surface area contributed by atoms with Crippen molar-refractivity contribution in [1.82, 2.24) is 0 Å². The standard InChI is InChI=1S/C13H15F3O4/c14-13(15,16)8-18-4-1-5-19-9-2-3-10-11(17)7-20-12(10)6-9/h2-3,6,11,17H,1,4-5,7-8H2. The van der Waals surface area contributed by atoms with Crippen molar-refractivity contribution in [3.8, 4) is 11.5 Å². The zero-order valence-electron chi connectivity index (χ0n) is 10.7. The van der Waals surface area contributed by atoms with Gasteiger partial charge in [-0.05, 0) is 12.1 Å². The Morgan fingerprint density at radius 3 is 2.85 bits per heavy atom. The molecule has 0 aromatic heterocycles. The Morgan fingerprint density at radius 1 is 1.30 bits per heavy atom. The summed E-state index contributed by atoms with van der Waals surface area (Å²) in [4.78, 5) is 0. The van der Waals surface area contributed by atoms with E-state index in [0.717, 1.165) is 0 Å². The topological polar surface area (TPSA) is 47.9 Å². The first kappa shape index (κ1) is 14.9. The van der Waals surface area contributed by atoms with Crippen LogP contribution in [0.1, 0.15) is 18.1 Å². The monoisotopic (exact) mass is 292 g/mol. The van der Waals surface area contributed by atoms with Crippen molar-refractivity contribution in [2.24, 2.45) is 0 Å². The quantitative estimate of drug-likeness (QED) is 0.818. The number of hydrogen-bond acceptors (Lipinski definition) is 4. The normalized spacial score (nSPS) is 17.7. The molecule has 20 heavy (non-hydrogen) atoms. The first-order valence-electron chi connectivity index (χ1n) is 6.18. The number of alkyl halides is 3. The van der Waals surface area contributed by atoms with Crippen molar-refractivity contribution in [1.29, 1.82) is 0 Å². The van der Waals surface area contributed by atoms with Crippen LogP contribution >= 0.6 is 0 Å². The number of benzene rings is 1. The van der Waals surface area contributed by atoms with Gasteiger partial charge in [-0.25, -0.2) is 0 Å². The van der Waals surface area contributed by atoms with Gasteiger partial charge in [-0.15, -0.1) is 0 Å². The number of halogens is 3. The average molecular weight is 292 g/mol. The molecular formula is C13H15F3O4. The number of ether oxygens (including phenoxy) is 3. The molecule has 0 radical (unpaired) electrons. The summed E-state index contributed by atoms with van der Waals surface area (Å²) in [6.45, 7) is -0.777. The molecule has 0 amide bonds. The maximum absolute atomic E-state index is 11.8. The lowest BCUT2D eigenvalue weighted by molar-refractivity contribution is -0.174. The Labute approximate surface area is 114 Å². The number of fused-ring (bicyclic) bond motifs is 1. The van der Waals surface area contributed by atoms with E-state index in [0.29, 0.717) is 23.5 Å². The van der Waals surface area contributed by atoms with Crippen LogP contribution in [0.2, 0.25) is 0 Å². The van der Waals surface area contributed by atoms with Crippen molar-refractivity contribution in [3.63, 3.8) is 0 Å². The second-order valence-electron chi connectivity index (χ2n) is 4.40. The molecule has 0 fully saturated rings. The molecule has 1 N–H and O–H groups in total. The van der Waals surface area contributed by atoms with Crippen LogP contribution in [-0.2, 0) is 4.74 Å². The zero-order chi connectivity index (χ0) is 14.6. The highest BCUT2D eigenvalue weighted by atomic mass is 19.4. The van der Waals surface area contributed by atoms with Gasteiger partial charge in [0.25, 0.3) is 0 Å². The highest BCUT2D eigenvalue weighted by Gasteiger charge is 2.27. The molecule has 2 rings (SSSR count). The number of aliphatic hydroxyl groups is 1. The summed E-state index contributed by atoms with van der Waals surface area (Å²) in [7, 11) is 0. The maximum atomic E-state index is 11.8. The second kappa shape index (κ2) is 6.32. The third-order valence-corrected chi connectivity index (χ3v) is 2.71. The SMILES string of the molecule is OC1COc2cc(OCCCOCC(F)(F)F)ccc21. The molecule has 1 unspecified atom stereocenters. The van der Waals surface area contributed by atoms with Gasteiger partial charge in [-0.1, -0.05) is 0 Å². The molecule has 1 atom stereocenters. The van der Waals surface area contributed by atoms with E-state index in [1.807, 2.05) is 0 Å². The van der Waals surface area contributed by atoms with Crippen LogP contribution in [0, 0.1) is 0 Å². The van der Waals surface area contributed by atoms with Crippen LogP contribution < -0.4 is 9.47 Å². The van der Waals surface area contributed by atoms with E-state index in [9.17, 15) is 18.3 Å². The average Bonchev–Trinajstić information content (AvgIpc) is 2.74. The lowest BCUT2D eigenvalue weighted by Gasteiger charge is -2.09. The summed E-state index contributed by atoms with van der Waals surface area (Å²) in [6.07, 6.45) is -4.55. The van der Waals surface area contributed by atoms with E-state index in [-0.39, 0.29) is 19.8 Å². The van der Waals surface area contributed by atoms with Gasteiger partial charge in [0.1, 0.15) is 30.8 Å². The minimum absolute atomic E-state index is 0.0142. The molecule has 1 heterocycles. The summed E-state index contributed by atoms with van der Waals surface area (Å²) in [5.41, 5.74) is 0.714. The highest BCUT2D eigenvalue weighted by molar-refractivity contribution is 5.44. The first-order chi connectivity index (χ1) is 9.46. The Hall–Kier alpha value is -1.47. The fraction of sp³-hybridized carbons (Fsp3) is 0.538. The van der Waals surface area contributed by atoms with E-state index in [1.54, 1.807) is 18.2 Å². The summed E-state index contributed by atoms with van der Waals surface area (Å²) in [6, 6.07) is 5.05. The molecular weight excluding hydrogens is 277 g/mol. The van der Waals surface area contributed by atoms with Crippen molar-refractivity contribution >= 4 is 0 Å². The van der Waals surface area contributed by atoms with E-state index >= 15 is 0 Å². The smallest absolute Gasteiger partial charge is 0.411 e. The Morgan fingerprint density at radius 2 is 2.10 bits per heavy atom. The summed E-state index contributed by atoms with van der Waals surface area (Å²) in [5, 5.41) is 9.54. The fourth-order valence-corrected chi connectivity index (χ4v) is 1.80. The summed E-state index contributed by atoms with van der Waals surface area (Å²) in [5.74, 6) is 1.12. The zero-order valence-corrected chi connectivity index (χ0v) is 10.7. The van der Waals surface area contributed by atoms with Gasteiger partial charge in [0.2, 0.25) is 0 Å². The van der Waals surface area contributed by atoms with Gasteiger partial charge in [0, 0.05) is 18.1 Å². The predicted octanol–water partition coefficient (Wildman–Crippen LogP) is 2.46. The molecule has 0 bridgehead atoms. The van der Waals surface area contributed by atoms with Crippen LogP contribution in [0.3, 0.4) is 0 Å². The van der Waals surface area contributed by atoms with Crippen molar-refractivity contribution in [2.75, 3.05) is 26.4 Å². The van der Waals surface area contributed by atoms with Gasteiger partial charge in [0.15, 0.2) is 0 Å². The second-order valence-corrected chi connectivity index (χ2v) is 4.40. The van der Waals surface area contributed by atoms with Gasteiger partial charge < -0.3 is 19.3 Å². The molecule has 0 saturated heterocycles. The van der Waals surface area contributed by atoms with Crippen LogP contribution in [0.15, 0.2) is 18.2 Å². The molecule has 4 nitrogen and oxygen atoms in total.